The van der Waals surface area contributed by atoms with Crippen LogP contribution in [0, 0.1) is 17.0 Å². The first-order valence-corrected chi connectivity index (χ1v) is 5.61. The van der Waals surface area contributed by atoms with E-state index in [-0.39, 0.29) is 11.3 Å². The molecule has 2 rings (SSSR count). The number of hydrogen-bond acceptors (Lipinski definition) is 4. The third-order valence-electron chi connectivity index (χ3n) is 2.59. The van der Waals surface area contributed by atoms with Crippen LogP contribution < -0.4 is 4.74 Å². The molecule has 19 heavy (non-hydrogen) atoms. The molecule has 2 aromatic rings. The van der Waals surface area contributed by atoms with Gasteiger partial charge >= 0.3 is 5.97 Å². The van der Waals surface area contributed by atoms with Gasteiger partial charge in [0, 0.05) is 5.56 Å². The fraction of sp³-hybridized carbons (Fsp3) is 0.0714. The highest BCUT2D eigenvalue weighted by molar-refractivity contribution is 5.95. The molecule has 0 aliphatic rings. The Balaban J connectivity index is 2.35. The summed E-state index contributed by atoms with van der Waals surface area (Å²) in [7, 11) is 0. The van der Waals surface area contributed by atoms with Crippen LogP contribution in [-0.4, -0.2) is 10.9 Å². The summed E-state index contributed by atoms with van der Waals surface area (Å²) in [5.41, 5.74) is 0.157. The van der Waals surface area contributed by atoms with Gasteiger partial charge in [-0.15, -0.1) is 0 Å². The molecule has 96 valence electrons. The van der Waals surface area contributed by atoms with Gasteiger partial charge in [0.2, 0.25) is 0 Å². The van der Waals surface area contributed by atoms with Gasteiger partial charge in [0.15, 0.2) is 0 Å². The van der Waals surface area contributed by atoms with Crippen molar-refractivity contribution in [1.82, 2.24) is 0 Å². The Hall–Kier alpha value is -2.69. The Kier molecular flexibility index (Phi) is 3.56. The van der Waals surface area contributed by atoms with Crippen molar-refractivity contribution in [2.24, 2.45) is 0 Å². The van der Waals surface area contributed by atoms with Gasteiger partial charge in [-0.1, -0.05) is 30.3 Å². The highest BCUT2D eigenvalue weighted by Gasteiger charge is 2.23. The van der Waals surface area contributed by atoms with Crippen LogP contribution in [0.15, 0.2) is 48.5 Å². The molecule has 0 spiro atoms. The SMILES string of the molecule is Cc1cccc(C(=O)Oc2ccccc2)c1[N+](=O)[O-]. The van der Waals surface area contributed by atoms with E-state index in [1.807, 2.05) is 0 Å². The van der Waals surface area contributed by atoms with E-state index in [1.54, 1.807) is 49.4 Å². The lowest BCUT2D eigenvalue weighted by molar-refractivity contribution is -0.385. The standard InChI is InChI=1S/C14H11NO4/c1-10-6-5-9-12(13(10)15(17)18)14(16)19-11-7-3-2-4-8-11/h2-9H,1H3. The minimum absolute atomic E-state index is 0.0474. The van der Waals surface area contributed by atoms with Crippen molar-refractivity contribution < 1.29 is 14.5 Å². The van der Waals surface area contributed by atoms with E-state index in [1.165, 1.54) is 6.07 Å². The first-order valence-electron chi connectivity index (χ1n) is 5.61. The highest BCUT2D eigenvalue weighted by atomic mass is 16.6. The zero-order chi connectivity index (χ0) is 13.8. The number of nitro benzene ring substituents is 1. The van der Waals surface area contributed by atoms with Gasteiger partial charge in [-0.05, 0) is 25.1 Å². The number of para-hydroxylation sites is 2. The van der Waals surface area contributed by atoms with Crippen molar-refractivity contribution in [2.75, 3.05) is 0 Å². The summed E-state index contributed by atoms with van der Waals surface area (Å²) < 4.78 is 5.10. The van der Waals surface area contributed by atoms with E-state index in [0.717, 1.165) is 0 Å². The second-order valence-electron chi connectivity index (χ2n) is 3.93. The predicted octanol–water partition coefficient (Wildman–Crippen LogP) is 3.12. The van der Waals surface area contributed by atoms with Crippen molar-refractivity contribution in [2.45, 2.75) is 6.92 Å². The molecule has 0 unspecified atom stereocenters. The Morgan fingerprint density at radius 1 is 1.11 bits per heavy atom. The monoisotopic (exact) mass is 257 g/mol. The maximum atomic E-state index is 12.0. The van der Waals surface area contributed by atoms with Crippen LogP contribution in [0.1, 0.15) is 15.9 Å². The first-order chi connectivity index (χ1) is 9.09. The molecule has 5 heteroatoms. The van der Waals surface area contributed by atoms with Gasteiger partial charge in [0.25, 0.3) is 5.69 Å². The van der Waals surface area contributed by atoms with Crippen molar-refractivity contribution in [3.63, 3.8) is 0 Å². The summed E-state index contributed by atoms with van der Waals surface area (Å²) in [5.74, 6) is -0.384. The van der Waals surface area contributed by atoms with Crippen LogP contribution in [0.2, 0.25) is 0 Å². The zero-order valence-electron chi connectivity index (χ0n) is 10.2. The molecule has 2 aromatic carbocycles. The van der Waals surface area contributed by atoms with Gasteiger partial charge in [-0.2, -0.15) is 0 Å². The molecular weight excluding hydrogens is 246 g/mol. The molecule has 0 aliphatic carbocycles. The van der Waals surface area contributed by atoms with E-state index in [9.17, 15) is 14.9 Å². The number of aryl methyl sites for hydroxylation is 1. The lowest BCUT2D eigenvalue weighted by Crippen LogP contribution is -2.11. The summed E-state index contributed by atoms with van der Waals surface area (Å²) in [4.78, 5) is 22.4. The van der Waals surface area contributed by atoms with E-state index in [2.05, 4.69) is 0 Å². The molecule has 0 saturated heterocycles. The van der Waals surface area contributed by atoms with Crippen LogP contribution in [-0.2, 0) is 0 Å². The van der Waals surface area contributed by atoms with Gasteiger partial charge in [-0.25, -0.2) is 4.79 Å². The summed E-state index contributed by atoms with van der Waals surface area (Å²) in [6.07, 6.45) is 0. The molecule has 5 nitrogen and oxygen atoms in total. The van der Waals surface area contributed by atoms with Crippen molar-refractivity contribution in [3.05, 3.63) is 69.8 Å². The molecule has 0 aromatic heterocycles. The molecule has 0 N–H and O–H groups in total. The molecule has 0 aliphatic heterocycles. The molecule has 0 saturated carbocycles. The molecule has 0 heterocycles. The topological polar surface area (TPSA) is 69.4 Å². The molecule has 0 atom stereocenters. The van der Waals surface area contributed by atoms with E-state index in [4.69, 9.17) is 4.74 Å². The quantitative estimate of drug-likeness (QED) is 0.366. The van der Waals surface area contributed by atoms with Crippen LogP contribution in [0.5, 0.6) is 5.75 Å². The Labute approximate surface area is 109 Å². The Bertz CT molecular complexity index is 623. The number of rotatable bonds is 3. The zero-order valence-corrected chi connectivity index (χ0v) is 10.2. The summed E-state index contributed by atoms with van der Waals surface area (Å²) >= 11 is 0. The molecule has 0 fully saturated rings. The number of carbonyl (C=O) groups is 1. The number of nitrogens with zero attached hydrogens (tertiary/aromatic N) is 1. The molecular formula is C14H11NO4. The second-order valence-corrected chi connectivity index (χ2v) is 3.93. The third-order valence-corrected chi connectivity index (χ3v) is 2.59. The average molecular weight is 257 g/mol. The van der Waals surface area contributed by atoms with Crippen LogP contribution >= 0.6 is 0 Å². The number of hydrogen-bond donors (Lipinski definition) is 0. The van der Waals surface area contributed by atoms with Crippen LogP contribution in [0.3, 0.4) is 0 Å². The summed E-state index contributed by atoms with van der Waals surface area (Å²) in [6, 6.07) is 13.0. The summed E-state index contributed by atoms with van der Waals surface area (Å²) in [6.45, 7) is 1.58. The van der Waals surface area contributed by atoms with Crippen LogP contribution in [0.4, 0.5) is 5.69 Å². The minimum Gasteiger partial charge on any atom is -0.423 e. The molecule has 0 bridgehead atoms. The lowest BCUT2D eigenvalue weighted by atomic mass is 10.1. The largest absolute Gasteiger partial charge is 0.423 e. The number of esters is 1. The van der Waals surface area contributed by atoms with Crippen molar-refractivity contribution >= 4 is 11.7 Å². The second kappa shape index (κ2) is 5.30. The smallest absolute Gasteiger partial charge is 0.350 e. The third kappa shape index (κ3) is 2.77. The normalized spacial score (nSPS) is 9.95. The van der Waals surface area contributed by atoms with E-state index < -0.39 is 10.9 Å². The number of carbonyl (C=O) groups excluding carboxylic acids is 1. The van der Waals surface area contributed by atoms with Gasteiger partial charge in [0.1, 0.15) is 11.3 Å². The summed E-state index contributed by atoms with van der Waals surface area (Å²) in [5, 5.41) is 11.0. The fourth-order valence-electron chi connectivity index (χ4n) is 1.72. The predicted molar refractivity (Wildman–Crippen MR) is 69.2 cm³/mol. The number of nitro groups is 1. The van der Waals surface area contributed by atoms with Gasteiger partial charge in [-0.3, -0.25) is 10.1 Å². The number of ether oxygens (including phenoxy) is 1. The van der Waals surface area contributed by atoms with Crippen molar-refractivity contribution in [1.29, 1.82) is 0 Å². The Morgan fingerprint density at radius 2 is 1.79 bits per heavy atom. The van der Waals surface area contributed by atoms with E-state index in [0.29, 0.717) is 11.3 Å². The van der Waals surface area contributed by atoms with Crippen LogP contribution in [0.25, 0.3) is 0 Å². The molecule has 0 radical (unpaired) electrons. The fourth-order valence-corrected chi connectivity index (χ4v) is 1.72. The van der Waals surface area contributed by atoms with Gasteiger partial charge in [0.05, 0.1) is 4.92 Å². The van der Waals surface area contributed by atoms with Crippen molar-refractivity contribution in [3.8, 4) is 5.75 Å². The van der Waals surface area contributed by atoms with Gasteiger partial charge < -0.3 is 4.74 Å². The first kappa shape index (κ1) is 12.8. The van der Waals surface area contributed by atoms with E-state index >= 15 is 0 Å². The number of benzene rings is 2. The average Bonchev–Trinajstić information content (AvgIpc) is 2.39. The molecule has 0 amide bonds. The highest BCUT2D eigenvalue weighted by Crippen LogP contribution is 2.24. The lowest BCUT2D eigenvalue weighted by Gasteiger charge is -2.06. The maximum absolute atomic E-state index is 12.0. The Morgan fingerprint density at radius 3 is 2.42 bits per heavy atom. The minimum atomic E-state index is -0.735. The maximum Gasteiger partial charge on any atom is 0.350 e.